The molecule has 0 saturated carbocycles. The number of halogens is 2. The number of hydrogen-bond acceptors (Lipinski definition) is 2. The smallest absolute Gasteiger partial charge is 0.168 e. The minimum absolute atomic E-state index is 0.0120. The summed E-state index contributed by atoms with van der Waals surface area (Å²) in [4.78, 5) is 0. The molecule has 0 spiro atoms. The van der Waals surface area contributed by atoms with Crippen molar-refractivity contribution < 1.29 is 18.6 Å². The predicted octanol–water partition coefficient (Wildman–Crippen LogP) is 2.03. The molecule has 0 aliphatic heterocycles. The lowest BCUT2D eigenvalue weighted by Gasteiger charge is -2.09. The van der Waals surface area contributed by atoms with Crippen molar-refractivity contribution in [3.05, 3.63) is 29.3 Å². The van der Waals surface area contributed by atoms with Gasteiger partial charge in [0, 0.05) is 19.1 Å². The van der Waals surface area contributed by atoms with E-state index in [0.29, 0.717) is 12.0 Å². The van der Waals surface area contributed by atoms with Gasteiger partial charge in [-0.25, -0.2) is 8.78 Å². The molecule has 0 saturated heterocycles. The quantitative estimate of drug-likeness (QED) is 0.757. The van der Waals surface area contributed by atoms with Gasteiger partial charge in [-0.3, -0.25) is 0 Å². The number of ether oxygens (including phenoxy) is 1. The summed E-state index contributed by atoms with van der Waals surface area (Å²) >= 11 is 0. The molecule has 0 heterocycles. The van der Waals surface area contributed by atoms with Crippen LogP contribution in [0.1, 0.15) is 12.0 Å². The molecule has 0 bridgehead atoms. The van der Waals surface area contributed by atoms with E-state index >= 15 is 0 Å². The van der Waals surface area contributed by atoms with Crippen molar-refractivity contribution in [2.45, 2.75) is 13.3 Å². The Morgan fingerprint density at radius 2 is 2.07 bits per heavy atom. The topological polar surface area (TPSA) is 29.5 Å². The Kier molecular flexibility index (Phi) is 3.83. The Hall–Kier alpha value is -1.16. The second-order valence-electron chi connectivity index (χ2n) is 2.96. The number of aryl methyl sites for hydroxylation is 1. The molecule has 78 valence electrons. The third-order valence-electron chi connectivity index (χ3n) is 1.74. The van der Waals surface area contributed by atoms with Gasteiger partial charge in [0.2, 0.25) is 0 Å². The minimum Gasteiger partial charge on any atom is -0.490 e. The van der Waals surface area contributed by atoms with E-state index in [1.807, 2.05) is 0 Å². The number of rotatable bonds is 4. The average molecular weight is 202 g/mol. The van der Waals surface area contributed by atoms with Crippen LogP contribution in [0.3, 0.4) is 0 Å². The molecule has 14 heavy (non-hydrogen) atoms. The van der Waals surface area contributed by atoms with Gasteiger partial charge in [0.15, 0.2) is 11.6 Å². The van der Waals surface area contributed by atoms with Crippen molar-refractivity contribution in [2.75, 3.05) is 13.2 Å². The first-order valence-electron chi connectivity index (χ1n) is 4.34. The molecular weight excluding hydrogens is 190 g/mol. The first-order valence-corrected chi connectivity index (χ1v) is 4.34. The number of aliphatic hydroxyl groups is 1. The lowest BCUT2D eigenvalue weighted by atomic mass is 10.2. The summed E-state index contributed by atoms with van der Waals surface area (Å²) in [5, 5.41) is 8.49. The van der Waals surface area contributed by atoms with Gasteiger partial charge in [-0.1, -0.05) is 0 Å². The van der Waals surface area contributed by atoms with Crippen LogP contribution in [0, 0.1) is 18.6 Å². The van der Waals surface area contributed by atoms with Crippen molar-refractivity contribution in [2.24, 2.45) is 0 Å². The number of benzene rings is 1. The Morgan fingerprint density at radius 1 is 1.36 bits per heavy atom. The van der Waals surface area contributed by atoms with E-state index in [4.69, 9.17) is 9.84 Å². The fourth-order valence-electron chi connectivity index (χ4n) is 1.11. The van der Waals surface area contributed by atoms with Crippen molar-refractivity contribution >= 4 is 0 Å². The maximum absolute atomic E-state index is 13.1. The molecule has 2 nitrogen and oxygen atoms in total. The van der Waals surface area contributed by atoms with E-state index in [1.165, 1.54) is 6.07 Å². The first kappa shape index (κ1) is 10.9. The van der Waals surface area contributed by atoms with Gasteiger partial charge in [0.1, 0.15) is 5.82 Å². The highest BCUT2D eigenvalue weighted by Crippen LogP contribution is 2.23. The van der Waals surface area contributed by atoms with E-state index in [2.05, 4.69) is 0 Å². The molecule has 0 aliphatic rings. The summed E-state index contributed by atoms with van der Waals surface area (Å²) in [7, 11) is 0. The van der Waals surface area contributed by atoms with Crippen LogP contribution in [-0.4, -0.2) is 18.3 Å². The van der Waals surface area contributed by atoms with E-state index in [1.54, 1.807) is 6.92 Å². The Balaban J connectivity index is 2.75. The normalized spacial score (nSPS) is 10.3. The summed E-state index contributed by atoms with van der Waals surface area (Å²) in [6.07, 6.45) is 0.427. The molecule has 1 aromatic carbocycles. The first-order chi connectivity index (χ1) is 6.65. The molecule has 0 unspecified atom stereocenters. The highest BCUT2D eigenvalue weighted by molar-refractivity contribution is 5.34. The zero-order valence-corrected chi connectivity index (χ0v) is 7.89. The lowest BCUT2D eigenvalue weighted by Crippen LogP contribution is -2.03. The van der Waals surface area contributed by atoms with Gasteiger partial charge in [-0.05, 0) is 18.6 Å². The van der Waals surface area contributed by atoms with Crippen LogP contribution in [0.5, 0.6) is 5.75 Å². The second kappa shape index (κ2) is 4.91. The average Bonchev–Trinajstić information content (AvgIpc) is 2.09. The van der Waals surface area contributed by atoms with Gasteiger partial charge in [0.05, 0.1) is 6.61 Å². The van der Waals surface area contributed by atoms with Crippen LogP contribution in [0.25, 0.3) is 0 Å². The van der Waals surface area contributed by atoms with Gasteiger partial charge in [-0.15, -0.1) is 0 Å². The summed E-state index contributed by atoms with van der Waals surface area (Å²) in [5.41, 5.74) is 0.417. The minimum atomic E-state index is -0.708. The van der Waals surface area contributed by atoms with Crippen LogP contribution in [0.4, 0.5) is 8.78 Å². The van der Waals surface area contributed by atoms with Crippen molar-refractivity contribution in [3.8, 4) is 5.75 Å². The molecule has 1 aromatic rings. The lowest BCUT2D eigenvalue weighted by molar-refractivity contribution is 0.227. The highest BCUT2D eigenvalue weighted by Gasteiger charge is 2.08. The Morgan fingerprint density at radius 3 is 2.64 bits per heavy atom. The van der Waals surface area contributed by atoms with Crippen LogP contribution in [0.15, 0.2) is 12.1 Å². The van der Waals surface area contributed by atoms with Gasteiger partial charge < -0.3 is 9.84 Å². The molecule has 4 heteroatoms. The number of hydrogen-bond donors (Lipinski definition) is 1. The molecular formula is C10H12F2O2. The monoisotopic (exact) mass is 202 g/mol. The predicted molar refractivity (Wildman–Crippen MR) is 48.3 cm³/mol. The van der Waals surface area contributed by atoms with E-state index < -0.39 is 11.6 Å². The summed E-state index contributed by atoms with van der Waals surface area (Å²) in [5.74, 6) is -1.27. The van der Waals surface area contributed by atoms with Crippen molar-refractivity contribution in [1.82, 2.24) is 0 Å². The summed E-state index contributed by atoms with van der Waals surface area (Å²) in [6.45, 7) is 1.78. The zero-order chi connectivity index (χ0) is 10.6. The Bertz CT molecular complexity index is 290. The molecule has 1 N–H and O–H groups in total. The second-order valence-corrected chi connectivity index (χ2v) is 2.96. The summed E-state index contributed by atoms with van der Waals surface area (Å²) in [6, 6.07) is 1.98. The maximum Gasteiger partial charge on any atom is 0.168 e. The third-order valence-corrected chi connectivity index (χ3v) is 1.74. The fraction of sp³-hybridized carbons (Fsp3) is 0.400. The third kappa shape index (κ3) is 2.67. The molecule has 0 radical (unpaired) electrons. The van der Waals surface area contributed by atoms with Crippen LogP contribution < -0.4 is 4.74 Å². The van der Waals surface area contributed by atoms with E-state index in [9.17, 15) is 8.78 Å². The van der Waals surface area contributed by atoms with Crippen LogP contribution >= 0.6 is 0 Å². The van der Waals surface area contributed by atoms with Crippen LogP contribution in [-0.2, 0) is 0 Å². The standard InChI is InChI=1S/C10H12F2O2/c1-7-5-8(11)6-9(12)10(7)14-4-2-3-13/h5-6,13H,2-4H2,1H3. The molecule has 1 rings (SSSR count). The number of aliphatic hydroxyl groups excluding tert-OH is 1. The highest BCUT2D eigenvalue weighted by atomic mass is 19.1. The van der Waals surface area contributed by atoms with Gasteiger partial charge in [0.25, 0.3) is 0 Å². The van der Waals surface area contributed by atoms with Crippen LogP contribution in [0.2, 0.25) is 0 Å². The van der Waals surface area contributed by atoms with Crippen molar-refractivity contribution in [3.63, 3.8) is 0 Å². The molecule has 0 aromatic heterocycles. The van der Waals surface area contributed by atoms with Gasteiger partial charge >= 0.3 is 0 Å². The SMILES string of the molecule is Cc1cc(F)cc(F)c1OCCCO. The van der Waals surface area contributed by atoms with Crippen molar-refractivity contribution in [1.29, 1.82) is 0 Å². The maximum atomic E-state index is 13.1. The van der Waals surface area contributed by atoms with E-state index in [0.717, 1.165) is 6.07 Å². The van der Waals surface area contributed by atoms with E-state index in [-0.39, 0.29) is 19.0 Å². The molecule has 0 fully saturated rings. The molecule has 0 atom stereocenters. The molecule has 0 amide bonds. The zero-order valence-electron chi connectivity index (χ0n) is 7.89. The Labute approximate surface area is 81.1 Å². The fourth-order valence-corrected chi connectivity index (χ4v) is 1.11. The van der Waals surface area contributed by atoms with Gasteiger partial charge in [-0.2, -0.15) is 0 Å². The largest absolute Gasteiger partial charge is 0.490 e. The molecule has 0 aliphatic carbocycles. The summed E-state index contributed by atoms with van der Waals surface area (Å²) < 4.78 is 30.8.